The lowest BCUT2D eigenvalue weighted by Gasteiger charge is -2.26. The highest BCUT2D eigenvalue weighted by molar-refractivity contribution is 6.43. The molecule has 0 bridgehead atoms. The molecule has 0 spiro atoms. The Bertz CT molecular complexity index is 989. The van der Waals surface area contributed by atoms with Gasteiger partial charge in [-0.25, -0.2) is 4.98 Å². The monoisotopic (exact) mass is 383 g/mol. The Kier molecular flexibility index (Phi) is 4.31. The molecule has 1 N–H and O–H groups in total. The van der Waals surface area contributed by atoms with E-state index in [0.717, 1.165) is 11.1 Å². The molecule has 1 amide bonds. The van der Waals surface area contributed by atoms with Crippen molar-refractivity contribution in [1.29, 1.82) is 0 Å². The number of aryl methyl sites for hydroxylation is 1. The molecule has 0 fully saturated rings. The van der Waals surface area contributed by atoms with Crippen LogP contribution in [-0.4, -0.2) is 10.9 Å². The molecule has 0 saturated carbocycles. The van der Waals surface area contributed by atoms with E-state index in [2.05, 4.69) is 10.3 Å². The smallest absolute Gasteiger partial charge is 0.261 e. The summed E-state index contributed by atoms with van der Waals surface area (Å²) < 4.78 is 0. The van der Waals surface area contributed by atoms with E-state index in [9.17, 15) is 4.79 Å². The molecular formula is C20H15Cl2N3O. The average Bonchev–Trinajstić information content (AvgIpc) is 2.92. The van der Waals surface area contributed by atoms with Crippen molar-refractivity contribution in [3.05, 3.63) is 87.5 Å². The number of anilines is 2. The van der Waals surface area contributed by atoms with Crippen LogP contribution in [0.5, 0.6) is 0 Å². The van der Waals surface area contributed by atoms with Gasteiger partial charge in [-0.15, -0.1) is 0 Å². The number of nitrogens with one attached hydrogen (secondary N) is 1. The van der Waals surface area contributed by atoms with E-state index in [-0.39, 0.29) is 5.91 Å². The van der Waals surface area contributed by atoms with Gasteiger partial charge in [0, 0.05) is 17.3 Å². The predicted octanol–water partition coefficient (Wildman–Crippen LogP) is 5.47. The van der Waals surface area contributed by atoms with Crippen molar-refractivity contribution in [2.24, 2.45) is 0 Å². The highest BCUT2D eigenvalue weighted by atomic mass is 35.5. The molecule has 3 aromatic rings. The molecule has 1 aliphatic rings. The molecule has 0 unspecified atom stereocenters. The molecule has 0 aliphatic carbocycles. The Morgan fingerprint density at radius 1 is 1.04 bits per heavy atom. The number of carbonyl (C=O) groups is 1. The van der Waals surface area contributed by atoms with Crippen LogP contribution in [-0.2, 0) is 0 Å². The number of fused-ring (bicyclic) bond motifs is 1. The fraction of sp³-hybridized carbons (Fsp3) is 0.100. The zero-order chi connectivity index (χ0) is 18.3. The van der Waals surface area contributed by atoms with Crippen LogP contribution in [0.15, 0.2) is 60.8 Å². The minimum atomic E-state index is -0.426. The van der Waals surface area contributed by atoms with Crippen molar-refractivity contribution in [3.63, 3.8) is 0 Å². The summed E-state index contributed by atoms with van der Waals surface area (Å²) in [5.41, 5.74) is 3.20. The van der Waals surface area contributed by atoms with Gasteiger partial charge < -0.3 is 5.32 Å². The van der Waals surface area contributed by atoms with Crippen LogP contribution in [0, 0.1) is 6.92 Å². The first-order valence-electron chi connectivity index (χ1n) is 8.12. The summed E-state index contributed by atoms with van der Waals surface area (Å²) in [6, 6.07) is 16.7. The van der Waals surface area contributed by atoms with Crippen LogP contribution < -0.4 is 10.2 Å². The standard InChI is InChI=1S/C20H15Cl2N3O/c1-12-9-10-17(23-11-12)25-19(13-5-2-3-6-14(13)20(25)26)24-16-8-4-7-15(21)18(16)22/h2-11,19,24H,1H3/t19-/m1/s1. The van der Waals surface area contributed by atoms with Crippen molar-refractivity contribution in [3.8, 4) is 0 Å². The number of rotatable bonds is 3. The van der Waals surface area contributed by atoms with Gasteiger partial charge in [0.1, 0.15) is 12.0 Å². The lowest BCUT2D eigenvalue weighted by atomic mass is 10.1. The maximum Gasteiger partial charge on any atom is 0.261 e. The van der Waals surface area contributed by atoms with Gasteiger partial charge in [-0.3, -0.25) is 9.69 Å². The molecule has 2 heterocycles. The molecule has 130 valence electrons. The highest BCUT2D eigenvalue weighted by Crippen LogP contribution is 2.39. The molecule has 1 atom stereocenters. The molecule has 1 aromatic heterocycles. The number of nitrogens with zero attached hydrogens (tertiary/aromatic N) is 2. The first-order valence-corrected chi connectivity index (χ1v) is 8.87. The number of aromatic nitrogens is 1. The van der Waals surface area contributed by atoms with E-state index in [1.165, 1.54) is 0 Å². The van der Waals surface area contributed by atoms with E-state index >= 15 is 0 Å². The number of halogens is 2. The van der Waals surface area contributed by atoms with E-state index < -0.39 is 6.17 Å². The normalized spacial score (nSPS) is 15.9. The molecule has 1 aliphatic heterocycles. The molecule has 4 rings (SSSR count). The van der Waals surface area contributed by atoms with E-state index in [4.69, 9.17) is 23.2 Å². The third kappa shape index (κ3) is 2.81. The van der Waals surface area contributed by atoms with Gasteiger partial charge in [-0.1, -0.05) is 53.5 Å². The van der Waals surface area contributed by atoms with Crippen LogP contribution in [0.2, 0.25) is 10.0 Å². The summed E-state index contributed by atoms with van der Waals surface area (Å²) in [6.07, 6.45) is 1.32. The SMILES string of the molecule is Cc1ccc(N2C(=O)c3ccccc3[C@@H]2Nc2cccc(Cl)c2Cl)nc1. The van der Waals surface area contributed by atoms with Crippen LogP contribution in [0.25, 0.3) is 0 Å². The molecule has 0 radical (unpaired) electrons. The minimum Gasteiger partial charge on any atom is -0.360 e. The average molecular weight is 384 g/mol. The summed E-state index contributed by atoms with van der Waals surface area (Å²) in [6.45, 7) is 1.96. The van der Waals surface area contributed by atoms with Crippen molar-refractivity contribution in [2.45, 2.75) is 13.1 Å². The summed E-state index contributed by atoms with van der Waals surface area (Å²) >= 11 is 12.5. The zero-order valence-corrected chi connectivity index (χ0v) is 15.4. The topological polar surface area (TPSA) is 45.2 Å². The van der Waals surface area contributed by atoms with E-state index in [0.29, 0.717) is 27.1 Å². The van der Waals surface area contributed by atoms with Gasteiger partial charge in [0.2, 0.25) is 0 Å². The van der Waals surface area contributed by atoms with Crippen molar-refractivity contribution in [1.82, 2.24) is 4.98 Å². The predicted molar refractivity (Wildman–Crippen MR) is 105 cm³/mol. The first kappa shape index (κ1) is 16.9. The van der Waals surface area contributed by atoms with Crippen molar-refractivity contribution < 1.29 is 4.79 Å². The first-order chi connectivity index (χ1) is 12.6. The maximum atomic E-state index is 13.0. The Balaban J connectivity index is 1.81. The largest absolute Gasteiger partial charge is 0.360 e. The maximum absolute atomic E-state index is 13.0. The summed E-state index contributed by atoms with van der Waals surface area (Å²) in [5, 5.41) is 4.22. The van der Waals surface area contributed by atoms with Gasteiger partial charge in [0.15, 0.2) is 0 Å². The van der Waals surface area contributed by atoms with E-state index in [1.807, 2.05) is 55.5 Å². The number of carbonyl (C=O) groups excluding carboxylic acids is 1. The van der Waals surface area contributed by atoms with Crippen LogP contribution in [0.1, 0.15) is 27.7 Å². The third-order valence-electron chi connectivity index (χ3n) is 4.35. The zero-order valence-electron chi connectivity index (χ0n) is 13.9. The van der Waals surface area contributed by atoms with E-state index in [1.54, 1.807) is 17.2 Å². The summed E-state index contributed by atoms with van der Waals surface area (Å²) in [5.74, 6) is 0.472. The highest BCUT2D eigenvalue weighted by Gasteiger charge is 2.38. The number of hydrogen-bond acceptors (Lipinski definition) is 3. The number of amides is 1. The second-order valence-electron chi connectivity index (χ2n) is 6.10. The molecule has 0 saturated heterocycles. The van der Waals surface area contributed by atoms with Crippen molar-refractivity contribution >= 4 is 40.6 Å². The Labute approximate surface area is 161 Å². The molecule has 2 aromatic carbocycles. The van der Waals surface area contributed by atoms with Crippen LogP contribution in [0.4, 0.5) is 11.5 Å². The fourth-order valence-electron chi connectivity index (χ4n) is 3.06. The molecule has 26 heavy (non-hydrogen) atoms. The van der Waals surface area contributed by atoms with Gasteiger partial charge in [0.05, 0.1) is 15.7 Å². The van der Waals surface area contributed by atoms with Crippen LogP contribution in [0.3, 0.4) is 0 Å². The minimum absolute atomic E-state index is 0.104. The van der Waals surface area contributed by atoms with Gasteiger partial charge in [-0.2, -0.15) is 0 Å². The second-order valence-corrected chi connectivity index (χ2v) is 6.89. The lowest BCUT2D eigenvalue weighted by molar-refractivity contribution is 0.0992. The van der Waals surface area contributed by atoms with Gasteiger partial charge >= 0.3 is 0 Å². The van der Waals surface area contributed by atoms with Crippen molar-refractivity contribution in [2.75, 3.05) is 10.2 Å². The fourth-order valence-corrected chi connectivity index (χ4v) is 3.42. The number of benzene rings is 2. The van der Waals surface area contributed by atoms with Gasteiger partial charge in [0.25, 0.3) is 5.91 Å². The second kappa shape index (κ2) is 6.63. The quantitative estimate of drug-likeness (QED) is 0.652. The summed E-state index contributed by atoms with van der Waals surface area (Å²) in [4.78, 5) is 19.1. The Morgan fingerprint density at radius 3 is 2.62 bits per heavy atom. The third-order valence-corrected chi connectivity index (χ3v) is 5.17. The molecular weight excluding hydrogens is 369 g/mol. The molecule has 6 heteroatoms. The Hall–Kier alpha value is -2.56. The lowest BCUT2D eigenvalue weighted by Crippen LogP contribution is -2.33. The Morgan fingerprint density at radius 2 is 1.85 bits per heavy atom. The van der Waals surface area contributed by atoms with Crippen LogP contribution >= 0.6 is 23.2 Å². The molecule has 4 nitrogen and oxygen atoms in total. The summed E-state index contributed by atoms with van der Waals surface area (Å²) in [7, 11) is 0. The number of pyridine rings is 1. The number of hydrogen-bond donors (Lipinski definition) is 1. The van der Waals surface area contributed by atoms with Gasteiger partial charge in [-0.05, 0) is 36.8 Å².